The van der Waals surface area contributed by atoms with Gasteiger partial charge in [0.15, 0.2) is 5.82 Å². The average Bonchev–Trinajstić information content (AvgIpc) is 2.21. The molecule has 1 aromatic carbocycles. The van der Waals surface area contributed by atoms with Crippen molar-refractivity contribution in [3.05, 3.63) is 29.6 Å². The van der Waals surface area contributed by atoms with Crippen molar-refractivity contribution in [3.8, 4) is 0 Å². The van der Waals surface area contributed by atoms with Gasteiger partial charge in [0.2, 0.25) is 0 Å². The fraction of sp³-hybridized carbons (Fsp3) is 0.500. The van der Waals surface area contributed by atoms with Crippen molar-refractivity contribution in [2.45, 2.75) is 39.4 Å². The van der Waals surface area contributed by atoms with Crippen LogP contribution in [0.1, 0.15) is 32.3 Å². The fourth-order valence-corrected chi connectivity index (χ4v) is 1.43. The summed E-state index contributed by atoms with van der Waals surface area (Å²) in [6.07, 6.45) is 2.22. The van der Waals surface area contributed by atoms with E-state index in [9.17, 15) is 4.39 Å². The van der Waals surface area contributed by atoms with Gasteiger partial charge in [0.05, 0.1) is 18.4 Å². The van der Waals surface area contributed by atoms with Gasteiger partial charge in [-0.25, -0.2) is 4.39 Å². The molecule has 3 heteroatoms. The zero-order valence-electron chi connectivity index (χ0n) is 9.29. The molecule has 2 nitrogen and oxygen atoms in total. The molecule has 0 heterocycles. The predicted octanol–water partition coefficient (Wildman–Crippen LogP) is 3.11. The number of nitrogen functional groups attached to an aromatic ring is 1. The molecule has 1 unspecified atom stereocenters. The quantitative estimate of drug-likeness (QED) is 0.759. The summed E-state index contributed by atoms with van der Waals surface area (Å²) in [5.74, 6) is -0.360. The summed E-state index contributed by atoms with van der Waals surface area (Å²) in [6.45, 7) is 4.38. The van der Waals surface area contributed by atoms with Crippen molar-refractivity contribution in [1.82, 2.24) is 0 Å². The lowest BCUT2D eigenvalue weighted by atomic mass is 10.2. The third kappa shape index (κ3) is 3.51. The molecule has 15 heavy (non-hydrogen) atoms. The van der Waals surface area contributed by atoms with Crippen LogP contribution >= 0.6 is 0 Å². The Bertz CT molecular complexity index is 314. The minimum absolute atomic E-state index is 0.163. The van der Waals surface area contributed by atoms with E-state index in [0.29, 0.717) is 5.56 Å². The van der Waals surface area contributed by atoms with Gasteiger partial charge in [-0.15, -0.1) is 0 Å². The van der Waals surface area contributed by atoms with Crippen LogP contribution in [0.25, 0.3) is 0 Å². The smallest absolute Gasteiger partial charge is 0.151 e. The van der Waals surface area contributed by atoms with E-state index in [-0.39, 0.29) is 24.2 Å². The number of hydrogen-bond acceptors (Lipinski definition) is 2. The zero-order valence-corrected chi connectivity index (χ0v) is 9.29. The first-order valence-electron chi connectivity index (χ1n) is 5.29. The Morgan fingerprint density at radius 3 is 2.87 bits per heavy atom. The molecule has 0 spiro atoms. The first-order valence-corrected chi connectivity index (χ1v) is 5.29. The highest BCUT2D eigenvalue weighted by molar-refractivity contribution is 5.42. The number of benzene rings is 1. The van der Waals surface area contributed by atoms with Gasteiger partial charge < -0.3 is 10.5 Å². The van der Waals surface area contributed by atoms with Crippen LogP contribution in [0.15, 0.2) is 18.2 Å². The van der Waals surface area contributed by atoms with E-state index in [2.05, 4.69) is 6.92 Å². The Balaban J connectivity index is 2.54. The molecule has 0 aliphatic rings. The monoisotopic (exact) mass is 211 g/mol. The van der Waals surface area contributed by atoms with Crippen LogP contribution in [0.3, 0.4) is 0 Å². The first-order chi connectivity index (χ1) is 7.15. The lowest BCUT2D eigenvalue weighted by Crippen LogP contribution is -2.08. The van der Waals surface area contributed by atoms with Crippen molar-refractivity contribution in [1.29, 1.82) is 0 Å². The number of anilines is 1. The number of rotatable bonds is 5. The van der Waals surface area contributed by atoms with E-state index in [1.54, 1.807) is 18.2 Å². The van der Waals surface area contributed by atoms with Crippen molar-refractivity contribution >= 4 is 5.69 Å². The largest absolute Gasteiger partial charge is 0.396 e. The molecule has 0 aliphatic carbocycles. The second-order valence-electron chi connectivity index (χ2n) is 3.73. The number of nitrogens with two attached hydrogens (primary N) is 1. The summed E-state index contributed by atoms with van der Waals surface area (Å²) in [4.78, 5) is 0. The molecule has 1 aromatic rings. The maximum absolute atomic E-state index is 13.4. The first kappa shape index (κ1) is 12.0. The van der Waals surface area contributed by atoms with Gasteiger partial charge in [-0.3, -0.25) is 0 Å². The minimum atomic E-state index is -0.360. The Kier molecular flexibility index (Phi) is 4.56. The molecule has 0 bridgehead atoms. The summed E-state index contributed by atoms with van der Waals surface area (Å²) in [5.41, 5.74) is 6.16. The standard InChI is InChI=1S/C12H18FNO/c1-3-5-9(2)15-8-10-6-4-7-11(14)12(10)13/h4,6-7,9H,3,5,8,14H2,1-2H3. The van der Waals surface area contributed by atoms with Gasteiger partial charge in [-0.1, -0.05) is 25.5 Å². The number of ether oxygens (including phenoxy) is 1. The summed E-state index contributed by atoms with van der Waals surface area (Å²) in [7, 11) is 0. The van der Waals surface area contributed by atoms with E-state index < -0.39 is 0 Å². The van der Waals surface area contributed by atoms with E-state index in [1.807, 2.05) is 6.92 Å². The SMILES string of the molecule is CCCC(C)OCc1cccc(N)c1F. The second-order valence-corrected chi connectivity index (χ2v) is 3.73. The average molecular weight is 211 g/mol. The predicted molar refractivity (Wildman–Crippen MR) is 60.0 cm³/mol. The van der Waals surface area contributed by atoms with Crippen LogP contribution in [0.2, 0.25) is 0 Å². The van der Waals surface area contributed by atoms with E-state index in [0.717, 1.165) is 12.8 Å². The van der Waals surface area contributed by atoms with Gasteiger partial charge in [-0.05, 0) is 19.4 Å². The third-order valence-electron chi connectivity index (χ3n) is 2.33. The molecule has 0 aromatic heterocycles. The summed E-state index contributed by atoms with van der Waals surface area (Å²) in [6, 6.07) is 4.99. The van der Waals surface area contributed by atoms with Gasteiger partial charge in [-0.2, -0.15) is 0 Å². The van der Waals surface area contributed by atoms with Gasteiger partial charge in [0.1, 0.15) is 0 Å². The lowest BCUT2D eigenvalue weighted by molar-refractivity contribution is 0.0456. The van der Waals surface area contributed by atoms with Gasteiger partial charge in [0.25, 0.3) is 0 Å². The zero-order chi connectivity index (χ0) is 11.3. The Labute approximate surface area is 90.2 Å². The maximum Gasteiger partial charge on any atom is 0.151 e. The topological polar surface area (TPSA) is 35.2 Å². The van der Waals surface area contributed by atoms with Crippen LogP contribution in [0, 0.1) is 5.82 Å². The van der Waals surface area contributed by atoms with Crippen LogP contribution < -0.4 is 5.73 Å². The van der Waals surface area contributed by atoms with E-state index in [1.165, 1.54) is 0 Å². The van der Waals surface area contributed by atoms with E-state index in [4.69, 9.17) is 10.5 Å². The second kappa shape index (κ2) is 5.71. The number of halogens is 1. The van der Waals surface area contributed by atoms with Crippen molar-refractivity contribution in [2.24, 2.45) is 0 Å². The highest BCUT2D eigenvalue weighted by atomic mass is 19.1. The molecule has 0 fully saturated rings. The Hall–Kier alpha value is -1.09. The molecule has 84 valence electrons. The molecular formula is C12H18FNO. The van der Waals surface area contributed by atoms with Gasteiger partial charge in [0, 0.05) is 5.56 Å². The van der Waals surface area contributed by atoms with Gasteiger partial charge >= 0.3 is 0 Å². The number of hydrogen-bond donors (Lipinski definition) is 1. The summed E-state index contributed by atoms with van der Waals surface area (Å²) < 4.78 is 18.9. The molecule has 0 saturated heterocycles. The molecular weight excluding hydrogens is 193 g/mol. The molecule has 0 radical (unpaired) electrons. The third-order valence-corrected chi connectivity index (χ3v) is 2.33. The van der Waals surface area contributed by atoms with Crippen LogP contribution in [-0.2, 0) is 11.3 Å². The molecule has 1 atom stereocenters. The summed E-state index contributed by atoms with van der Waals surface area (Å²) >= 11 is 0. The highest BCUT2D eigenvalue weighted by Crippen LogP contribution is 2.16. The minimum Gasteiger partial charge on any atom is -0.396 e. The lowest BCUT2D eigenvalue weighted by Gasteiger charge is -2.12. The Morgan fingerprint density at radius 1 is 1.47 bits per heavy atom. The molecule has 1 rings (SSSR count). The fourth-order valence-electron chi connectivity index (χ4n) is 1.43. The van der Waals surface area contributed by atoms with E-state index >= 15 is 0 Å². The highest BCUT2D eigenvalue weighted by Gasteiger charge is 2.07. The molecule has 0 amide bonds. The molecule has 0 aliphatic heterocycles. The van der Waals surface area contributed by atoms with Crippen LogP contribution in [-0.4, -0.2) is 6.10 Å². The van der Waals surface area contributed by atoms with Crippen LogP contribution in [0.5, 0.6) is 0 Å². The van der Waals surface area contributed by atoms with Crippen molar-refractivity contribution < 1.29 is 9.13 Å². The van der Waals surface area contributed by atoms with Crippen molar-refractivity contribution in [3.63, 3.8) is 0 Å². The van der Waals surface area contributed by atoms with Crippen LogP contribution in [0.4, 0.5) is 10.1 Å². The maximum atomic E-state index is 13.4. The summed E-state index contributed by atoms with van der Waals surface area (Å²) in [5, 5.41) is 0. The normalized spacial score (nSPS) is 12.7. The Morgan fingerprint density at radius 2 is 2.20 bits per heavy atom. The molecule has 2 N–H and O–H groups in total. The molecule has 0 saturated carbocycles. The van der Waals surface area contributed by atoms with Crippen molar-refractivity contribution in [2.75, 3.05) is 5.73 Å².